The highest BCUT2D eigenvalue weighted by atomic mass is 16.4. The number of hydrogen-bond acceptors (Lipinski definition) is 4. The van der Waals surface area contributed by atoms with Crippen LogP contribution in [0.25, 0.3) is 0 Å². The van der Waals surface area contributed by atoms with Gasteiger partial charge in [0.15, 0.2) is 0 Å². The minimum Gasteiger partial charge on any atom is -0.480 e. The summed E-state index contributed by atoms with van der Waals surface area (Å²) in [5.41, 5.74) is 0. The van der Waals surface area contributed by atoms with Crippen LogP contribution in [0.4, 0.5) is 0 Å². The molecule has 0 aliphatic carbocycles. The van der Waals surface area contributed by atoms with E-state index in [1.807, 2.05) is 0 Å². The molecule has 0 aromatic heterocycles. The summed E-state index contributed by atoms with van der Waals surface area (Å²) in [6.07, 6.45) is 6.65. The number of aliphatic carboxylic acids is 1. The molecule has 1 N–H and O–H groups in total. The van der Waals surface area contributed by atoms with Crippen molar-refractivity contribution in [2.75, 3.05) is 39.3 Å². The molecule has 2 heterocycles. The zero-order valence-electron chi connectivity index (χ0n) is 14.6. The Morgan fingerprint density at radius 1 is 1.04 bits per heavy atom. The van der Waals surface area contributed by atoms with E-state index in [1.54, 1.807) is 11.8 Å². The highest BCUT2D eigenvalue weighted by Gasteiger charge is 2.34. The lowest BCUT2D eigenvalue weighted by Gasteiger charge is -2.38. The van der Waals surface area contributed by atoms with Gasteiger partial charge in [-0.05, 0) is 32.9 Å². The Morgan fingerprint density at radius 3 is 2.29 bits per heavy atom. The Balaban J connectivity index is 1.81. The summed E-state index contributed by atoms with van der Waals surface area (Å²) in [7, 11) is 0. The van der Waals surface area contributed by atoms with Crippen LogP contribution in [0.2, 0.25) is 0 Å². The maximum atomic E-state index is 12.5. The van der Waals surface area contributed by atoms with Crippen LogP contribution in [0.5, 0.6) is 0 Å². The van der Waals surface area contributed by atoms with Gasteiger partial charge in [-0.15, -0.1) is 0 Å². The van der Waals surface area contributed by atoms with Crippen molar-refractivity contribution < 1.29 is 19.5 Å². The summed E-state index contributed by atoms with van der Waals surface area (Å²) in [6, 6.07) is -0.571. The van der Waals surface area contributed by atoms with Crippen LogP contribution in [0.1, 0.15) is 45.4 Å². The van der Waals surface area contributed by atoms with Gasteiger partial charge < -0.3 is 19.8 Å². The lowest BCUT2D eigenvalue weighted by atomic mass is 10.1. The van der Waals surface area contributed by atoms with Crippen LogP contribution in [0.15, 0.2) is 0 Å². The van der Waals surface area contributed by atoms with E-state index in [-0.39, 0.29) is 18.4 Å². The first kappa shape index (κ1) is 18.7. The molecule has 7 nitrogen and oxygen atoms in total. The molecule has 2 saturated heterocycles. The number of carboxylic acid groups (broad SMARTS) is 1. The molecule has 0 radical (unpaired) electrons. The molecular formula is C17H29N3O4. The van der Waals surface area contributed by atoms with E-state index in [1.165, 1.54) is 37.0 Å². The Bertz CT molecular complexity index is 461. The van der Waals surface area contributed by atoms with E-state index in [2.05, 4.69) is 4.90 Å². The molecule has 0 aromatic carbocycles. The number of rotatable bonds is 5. The number of carboxylic acids is 1. The Hall–Kier alpha value is -1.63. The summed E-state index contributed by atoms with van der Waals surface area (Å²) in [5, 5.41) is 8.84. The lowest BCUT2D eigenvalue weighted by Crippen LogP contribution is -2.58. The van der Waals surface area contributed by atoms with Gasteiger partial charge in [0.05, 0.1) is 0 Å². The standard InChI is InChI=1S/C17H29N3O4/c1-14-17(24)19(13-16(22)23)11-12-20(14)15(21)7-10-18-8-5-3-2-4-6-9-18/h14H,2-13H2,1H3,(H,22,23). The third-order valence-corrected chi connectivity index (χ3v) is 4.98. The SMILES string of the molecule is CC1C(=O)N(CC(=O)O)CCN1C(=O)CCN1CCCCCCC1. The molecule has 2 amide bonds. The van der Waals surface area contributed by atoms with Crippen molar-refractivity contribution in [3.63, 3.8) is 0 Å². The van der Waals surface area contributed by atoms with E-state index in [0.29, 0.717) is 19.5 Å². The maximum Gasteiger partial charge on any atom is 0.323 e. The van der Waals surface area contributed by atoms with Crippen molar-refractivity contribution in [3.8, 4) is 0 Å². The van der Waals surface area contributed by atoms with Crippen LogP contribution < -0.4 is 0 Å². The van der Waals surface area contributed by atoms with Gasteiger partial charge >= 0.3 is 5.97 Å². The lowest BCUT2D eigenvalue weighted by molar-refractivity contribution is -0.154. The van der Waals surface area contributed by atoms with Crippen LogP contribution in [0, 0.1) is 0 Å². The zero-order valence-corrected chi connectivity index (χ0v) is 14.6. The maximum absolute atomic E-state index is 12.5. The second-order valence-electron chi connectivity index (χ2n) is 6.78. The van der Waals surface area contributed by atoms with Gasteiger partial charge in [-0.1, -0.05) is 19.3 Å². The first-order chi connectivity index (χ1) is 11.5. The normalized spacial score (nSPS) is 23.7. The molecule has 2 aliphatic heterocycles. The molecule has 7 heteroatoms. The summed E-state index contributed by atoms with van der Waals surface area (Å²) >= 11 is 0. The molecule has 24 heavy (non-hydrogen) atoms. The monoisotopic (exact) mass is 339 g/mol. The predicted molar refractivity (Wildman–Crippen MR) is 89.5 cm³/mol. The fraction of sp³-hybridized carbons (Fsp3) is 0.824. The molecule has 0 aromatic rings. The predicted octanol–water partition coefficient (Wildman–Crippen LogP) is 0.787. The molecule has 1 atom stereocenters. The molecule has 1 unspecified atom stereocenters. The molecule has 2 rings (SSSR count). The summed E-state index contributed by atoms with van der Waals surface area (Å²) in [6.45, 7) is 4.95. The molecule has 0 bridgehead atoms. The highest BCUT2D eigenvalue weighted by Crippen LogP contribution is 2.14. The third kappa shape index (κ3) is 5.19. The topological polar surface area (TPSA) is 81.2 Å². The van der Waals surface area contributed by atoms with Crippen LogP contribution in [-0.2, 0) is 14.4 Å². The van der Waals surface area contributed by atoms with Gasteiger partial charge in [-0.3, -0.25) is 14.4 Å². The van der Waals surface area contributed by atoms with Crippen molar-refractivity contribution >= 4 is 17.8 Å². The first-order valence-electron chi connectivity index (χ1n) is 9.01. The quantitative estimate of drug-likeness (QED) is 0.801. The molecule has 0 spiro atoms. The second-order valence-corrected chi connectivity index (χ2v) is 6.78. The van der Waals surface area contributed by atoms with Crippen molar-refractivity contribution in [1.82, 2.24) is 14.7 Å². The van der Waals surface area contributed by atoms with Crippen molar-refractivity contribution in [2.24, 2.45) is 0 Å². The van der Waals surface area contributed by atoms with Gasteiger partial charge in [0, 0.05) is 26.1 Å². The third-order valence-electron chi connectivity index (χ3n) is 4.98. The molecule has 0 saturated carbocycles. The number of hydrogen-bond donors (Lipinski definition) is 1. The minimum absolute atomic E-state index is 0.00659. The van der Waals surface area contributed by atoms with Crippen molar-refractivity contribution in [2.45, 2.75) is 51.5 Å². The van der Waals surface area contributed by atoms with E-state index >= 15 is 0 Å². The van der Waals surface area contributed by atoms with Crippen LogP contribution in [-0.4, -0.2) is 82.9 Å². The summed E-state index contributed by atoms with van der Waals surface area (Å²) in [4.78, 5) is 40.8. The van der Waals surface area contributed by atoms with Crippen molar-refractivity contribution in [1.29, 1.82) is 0 Å². The Kier molecular flexibility index (Phi) is 7.02. The first-order valence-corrected chi connectivity index (χ1v) is 9.01. The number of amides is 2. The molecule has 136 valence electrons. The van der Waals surface area contributed by atoms with E-state index < -0.39 is 12.0 Å². The fourth-order valence-corrected chi connectivity index (χ4v) is 3.52. The van der Waals surface area contributed by atoms with Gasteiger partial charge in [0.1, 0.15) is 12.6 Å². The van der Waals surface area contributed by atoms with Gasteiger partial charge in [0.25, 0.3) is 0 Å². The average Bonchev–Trinajstić information content (AvgIpc) is 2.50. The number of carbonyl (C=O) groups excluding carboxylic acids is 2. The van der Waals surface area contributed by atoms with Gasteiger partial charge in [0.2, 0.25) is 11.8 Å². The largest absolute Gasteiger partial charge is 0.480 e. The smallest absolute Gasteiger partial charge is 0.323 e. The number of piperazine rings is 1. The van der Waals surface area contributed by atoms with Gasteiger partial charge in [-0.25, -0.2) is 0 Å². The van der Waals surface area contributed by atoms with Crippen LogP contribution in [0.3, 0.4) is 0 Å². The van der Waals surface area contributed by atoms with Crippen molar-refractivity contribution in [3.05, 3.63) is 0 Å². The summed E-state index contributed by atoms with van der Waals surface area (Å²) in [5.74, 6) is -1.30. The molecule has 2 aliphatic rings. The average molecular weight is 339 g/mol. The van der Waals surface area contributed by atoms with E-state index in [4.69, 9.17) is 5.11 Å². The zero-order chi connectivity index (χ0) is 17.5. The summed E-state index contributed by atoms with van der Waals surface area (Å²) < 4.78 is 0. The fourth-order valence-electron chi connectivity index (χ4n) is 3.52. The minimum atomic E-state index is -1.02. The van der Waals surface area contributed by atoms with E-state index in [0.717, 1.165) is 19.6 Å². The Morgan fingerprint density at radius 2 is 1.67 bits per heavy atom. The number of carbonyl (C=O) groups is 3. The number of nitrogens with zero attached hydrogens (tertiary/aromatic N) is 3. The molecular weight excluding hydrogens is 310 g/mol. The number of likely N-dealkylation sites (tertiary alicyclic amines) is 1. The highest BCUT2D eigenvalue weighted by molar-refractivity contribution is 5.90. The van der Waals surface area contributed by atoms with Gasteiger partial charge in [-0.2, -0.15) is 0 Å². The molecule has 2 fully saturated rings. The second kappa shape index (κ2) is 9.01. The van der Waals surface area contributed by atoms with Crippen LogP contribution >= 0.6 is 0 Å². The van der Waals surface area contributed by atoms with E-state index in [9.17, 15) is 14.4 Å². The Labute approximate surface area is 143 Å².